The molecule has 0 spiro atoms. The van der Waals surface area contributed by atoms with E-state index in [9.17, 15) is 9.59 Å². The van der Waals surface area contributed by atoms with E-state index in [2.05, 4.69) is 5.32 Å². The molecule has 2 aliphatic carbocycles. The van der Waals surface area contributed by atoms with Crippen molar-refractivity contribution in [2.24, 2.45) is 11.8 Å². The van der Waals surface area contributed by atoms with E-state index in [1.165, 1.54) is 19.3 Å². The molecule has 0 radical (unpaired) electrons. The van der Waals surface area contributed by atoms with Crippen LogP contribution in [-0.4, -0.2) is 30.4 Å². The van der Waals surface area contributed by atoms with Gasteiger partial charge in [-0.2, -0.15) is 0 Å². The molecule has 4 heteroatoms. The summed E-state index contributed by atoms with van der Waals surface area (Å²) < 4.78 is 5.76. The topological polar surface area (TPSA) is 55.4 Å². The standard InChI is InChI=1S/C17H29NO3/c1-12(2)17(20)13-10-14(11-13)18-16(19)8-9-21-15-6-4-3-5-7-15/h12-15H,3-11H2,1-2H3,(H,18,19). The number of Topliss-reactive ketones (excluding diaryl/α,β-unsaturated/α-hetero) is 1. The lowest BCUT2D eigenvalue weighted by Gasteiger charge is -2.35. The molecule has 0 saturated heterocycles. The third-order valence-corrected chi connectivity index (χ3v) is 4.71. The van der Waals surface area contributed by atoms with Gasteiger partial charge in [-0.25, -0.2) is 0 Å². The van der Waals surface area contributed by atoms with Crippen molar-refractivity contribution < 1.29 is 14.3 Å². The van der Waals surface area contributed by atoms with Crippen LogP contribution in [0.3, 0.4) is 0 Å². The van der Waals surface area contributed by atoms with Crippen LogP contribution in [-0.2, 0) is 14.3 Å². The molecule has 0 unspecified atom stereocenters. The molecule has 0 atom stereocenters. The molecule has 1 N–H and O–H groups in total. The van der Waals surface area contributed by atoms with Crippen molar-refractivity contribution in [3.8, 4) is 0 Å². The quantitative estimate of drug-likeness (QED) is 0.785. The lowest BCUT2D eigenvalue weighted by atomic mass is 9.75. The lowest BCUT2D eigenvalue weighted by molar-refractivity contribution is -0.131. The van der Waals surface area contributed by atoms with Crippen LogP contribution in [0.4, 0.5) is 0 Å². The fraction of sp³-hybridized carbons (Fsp3) is 0.882. The summed E-state index contributed by atoms with van der Waals surface area (Å²) in [5.41, 5.74) is 0. The maximum Gasteiger partial charge on any atom is 0.222 e. The normalized spacial score (nSPS) is 26.4. The summed E-state index contributed by atoms with van der Waals surface area (Å²) in [7, 11) is 0. The maximum atomic E-state index is 11.8. The van der Waals surface area contributed by atoms with Gasteiger partial charge in [-0.05, 0) is 25.7 Å². The van der Waals surface area contributed by atoms with E-state index in [1.807, 2.05) is 13.8 Å². The van der Waals surface area contributed by atoms with Crippen LogP contribution in [0.1, 0.15) is 65.2 Å². The number of carbonyl (C=O) groups excluding carboxylic acids is 2. The third-order valence-electron chi connectivity index (χ3n) is 4.71. The molecule has 21 heavy (non-hydrogen) atoms. The van der Waals surface area contributed by atoms with Crippen LogP contribution < -0.4 is 5.32 Å². The van der Waals surface area contributed by atoms with Crippen molar-refractivity contribution in [1.29, 1.82) is 0 Å². The summed E-state index contributed by atoms with van der Waals surface area (Å²) >= 11 is 0. The van der Waals surface area contributed by atoms with Crippen LogP contribution in [0, 0.1) is 11.8 Å². The number of hydrogen-bond acceptors (Lipinski definition) is 3. The third kappa shape index (κ3) is 5.10. The molecule has 1 amide bonds. The average molecular weight is 295 g/mol. The Morgan fingerprint density at radius 2 is 1.81 bits per heavy atom. The second-order valence-electron chi connectivity index (χ2n) is 6.87. The highest BCUT2D eigenvalue weighted by Gasteiger charge is 2.35. The fourth-order valence-corrected chi connectivity index (χ4v) is 3.29. The SMILES string of the molecule is CC(C)C(=O)C1CC(NC(=O)CCOC2CCCCC2)C1. The number of carbonyl (C=O) groups is 2. The molecular weight excluding hydrogens is 266 g/mol. The summed E-state index contributed by atoms with van der Waals surface area (Å²) in [6, 6.07) is 0.194. The first-order valence-electron chi connectivity index (χ1n) is 8.51. The summed E-state index contributed by atoms with van der Waals surface area (Å²) in [6.07, 6.45) is 8.54. The zero-order valence-corrected chi connectivity index (χ0v) is 13.4. The highest BCUT2D eigenvalue weighted by molar-refractivity contribution is 5.84. The summed E-state index contributed by atoms with van der Waals surface area (Å²) in [4.78, 5) is 23.6. The molecule has 0 aromatic rings. The lowest BCUT2D eigenvalue weighted by Crippen LogP contribution is -2.47. The number of ether oxygens (including phenoxy) is 1. The monoisotopic (exact) mass is 295 g/mol. The second-order valence-corrected chi connectivity index (χ2v) is 6.87. The van der Waals surface area contributed by atoms with Gasteiger partial charge in [-0.3, -0.25) is 9.59 Å². The van der Waals surface area contributed by atoms with Gasteiger partial charge in [0.25, 0.3) is 0 Å². The first-order valence-corrected chi connectivity index (χ1v) is 8.51. The van der Waals surface area contributed by atoms with Gasteiger partial charge in [0, 0.05) is 24.3 Å². The Hall–Kier alpha value is -0.900. The van der Waals surface area contributed by atoms with Crippen molar-refractivity contribution in [2.75, 3.05) is 6.61 Å². The van der Waals surface area contributed by atoms with Crippen LogP contribution in [0.25, 0.3) is 0 Å². The molecule has 0 aromatic heterocycles. The van der Waals surface area contributed by atoms with Crippen LogP contribution in [0.2, 0.25) is 0 Å². The van der Waals surface area contributed by atoms with Crippen molar-refractivity contribution in [1.82, 2.24) is 5.32 Å². The number of ketones is 1. The van der Waals surface area contributed by atoms with Crippen LogP contribution in [0.5, 0.6) is 0 Å². The Kier molecular flexibility index (Phi) is 6.22. The zero-order valence-electron chi connectivity index (χ0n) is 13.4. The minimum absolute atomic E-state index is 0.0613. The first kappa shape index (κ1) is 16.5. The Labute approximate surface area is 128 Å². The predicted molar refractivity (Wildman–Crippen MR) is 81.9 cm³/mol. The van der Waals surface area contributed by atoms with Gasteiger partial charge in [0.1, 0.15) is 5.78 Å². The Morgan fingerprint density at radius 1 is 1.14 bits per heavy atom. The van der Waals surface area contributed by atoms with Crippen molar-refractivity contribution in [3.05, 3.63) is 0 Å². The molecule has 2 fully saturated rings. The van der Waals surface area contributed by atoms with E-state index < -0.39 is 0 Å². The highest BCUT2D eigenvalue weighted by atomic mass is 16.5. The van der Waals surface area contributed by atoms with Crippen molar-refractivity contribution in [2.45, 2.75) is 77.4 Å². The molecule has 2 aliphatic rings. The van der Waals surface area contributed by atoms with Gasteiger partial charge in [0.2, 0.25) is 5.91 Å². The minimum atomic E-state index is 0.0613. The van der Waals surface area contributed by atoms with Gasteiger partial charge >= 0.3 is 0 Å². The Morgan fingerprint density at radius 3 is 2.43 bits per heavy atom. The van der Waals surface area contributed by atoms with E-state index >= 15 is 0 Å². The minimum Gasteiger partial charge on any atom is -0.378 e. The smallest absolute Gasteiger partial charge is 0.222 e. The van der Waals surface area contributed by atoms with E-state index in [4.69, 9.17) is 4.74 Å². The molecule has 4 nitrogen and oxygen atoms in total. The number of hydrogen-bond donors (Lipinski definition) is 1. The predicted octanol–water partition coefficient (Wildman–Crippen LogP) is 2.85. The molecule has 0 bridgehead atoms. The molecule has 0 heterocycles. The maximum absolute atomic E-state index is 11.8. The molecule has 0 aliphatic heterocycles. The van der Waals surface area contributed by atoms with Crippen molar-refractivity contribution >= 4 is 11.7 Å². The van der Waals surface area contributed by atoms with Gasteiger partial charge < -0.3 is 10.1 Å². The largest absolute Gasteiger partial charge is 0.378 e. The summed E-state index contributed by atoms with van der Waals surface area (Å²) in [5, 5.41) is 3.01. The molecular formula is C17H29NO3. The van der Waals surface area contributed by atoms with E-state index in [0.717, 1.165) is 25.7 Å². The van der Waals surface area contributed by atoms with Gasteiger partial charge in [0.15, 0.2) is 0 Å². The highest BCUT2D eigenvalue weighted by Crippen LogP contribution is 2.30. The summed E-state index contributed by atoms with van der Waals surface area (Å²) in [5.74, 6) is 0.664. The molecule has 120 valence electrons. The van der Waals surface area contributed by atoms with Crippen LogP contribution >= 0.6 is 0 Å². The second kappa shape index (κ2) is 7.92. The number of amides is 1. The van der Waals surface area contributed by atoms with E-state index in [1.54, 1.807) is 0 Å². The first-order chi connectivity index (χ1) is 10.1. The summed E-state index contributed by atoms with van der Waals surface area (Å²) in [6.45, 7) is 4.41. The molecule has 0 aromatic carbocycles. The fourth-order valence-electron chi connectivity index (χ4n) is 3.29. The van der Waals surface area contributed by atoms with Crippen molar-refractivity contribution in [3.63, 3.8) is 0 Å². The van der Waals surface area contributed by atoms with Gasteiger partial charge in [0.05, 0.1) is 12.7 Å². The molecule has 2 rings (SSSR count). The Bertz CT molecular complexity index is 355. The number of rotatable bonds is 7. The average Bonchev–Trinajstić information content (AvgIpc) is 2.42. The van der Waals surface area contributed by atoms with Gasteiger partial charge in [-0.1, -0.05) is 33.1 Å². The van der Waals surface area contributed by atoms with Gasteiger partial charge in [-0.15, -0.1) is 0 Å². The number of nitrogens with one attached hydrogen (secondary N) is 1. The van der Waals surface area contributed by atoms with Crippen LogP contribution in [0.15, 0.2) is 0 Å². The van der Waals surface area contributed by atoms with E-state index in [-0.39, 0.29) is 23.8 Å². The molecule has 2 saturated carbocycles. The van der Waals surface area contributed by atoms with E-state index in [0.29, 0.717) is 24.9 Å². The zero-order chi connectivity index (χ0) is 15.2. The Balaban J connectivity index is 1.53.